The third kappa shape index (κ3) is 3.04. The second kappa shape index (κ2) is 5.86. The van der Waals surface area contributed by atoms with E-state index in [-0.39, 0.29) is 4.32 Å². The standard InChI is InChI=1S/C13H8N2O3S2/c14-6-9-3-1-8(2-4-9)5-10-12(18)15(7-11(16)17)13(19)20-10/h1-5H,7H2,(H,16,17). The fourth-order valence-corrected chi connectivity index (χ4v) is 2.83. The van der Waals surface area contributed by atoms with E-state index in [2.05, 4.69) is 0 Å². The number of carboxylic acid groups (broad SMARTS) is 1. The molecule has 100 valence electrons. The molecule has 0 bridgehead atoms. The van der Waals surface area contributed by atoms with E-state index in [0.717, 1.165) is 22.2 Å². The van der Waals surface area contributed by atoms with Gasteiger partial charge in [0.15, 0.2) is 0 Å². The summed E-state index contributed by atoms with van der Waals surface area (Å²) in [6.45, 7) is -0.435. The molecule has 5 nitrogen and oxygen atoms in total. The lowest BCUT2D eigenvalue weighted by Crippen LogP contribution is -2.33. The molecule has 1 aromatic carbocycles. The second-order valence-electron chi connectivity index (χ2n) is 3.90. The molecular weight excluding hydrogens is 296 g/mol. The van der Waals surface area contributed by atoms with Crippen LogP contribution in [0.1, 0.15) is 11.1 Å². The van der Waals surface area contributed by atoms with Gasteiger partial charge >= 0.3 is 5.97 Å². The van der Waals surface area contributed by atoms with E-state index in [1.165, 1.54) is 0 Å². The van der Waals surface area contributed by atoms with Gasteiger partial charge < -0.3 is 5.11 Å². The topological polar surface area (TPSA) is 81.4 Å². The van der Waals surface area contributed by atoms with Gasteiger partial charge in [0.2, 0.25) is 0 Å². The monoisotopic (exact) mass is 304 g/mol. The number of hydrogen-bond donors (Lipinski definition) is 1. The van der Waals surface area contributed by atoms with E-state index in [1.807, 2.05) is 6.07 Å². The van der Waals surface area contributed by atoms with Crippen molar-refractivity contribution in [2.45, 2.75) is 0 Å². The molecule has 0 unspecified atom stereocenters. The summed E-state index contributed by atoms with van der Waals surface area (Å²) in [6.07, 6.45) is 1.63. The molecule has 0 atom stereocenters. The summed E-state index contributed by atoms with van der Waals surface area (Å²) in [6, 6.07) is 8.71. The van der Waals surface area contributed by atoms with E-state index in [0.29, 0.717) is 10.5 Å². The largest absolute Gasteiger partial charge is 0.480 e. The minimum atomic E-state index is -1.11. The van der Waals surface area contributed by atoms with Crippen LogP contribution in [0.15, 0.2) is 29.2 Å². The van der Waals surface area contributed by atoms with Crippen LogP contribution in [-0.4, -0.2) is 32.7 Å². The second-order valence-corrected chi connectivity index (χ2v) is 5.57. The number of aliphatic carboxylic acids is 1. The minimum absolute atomic E-state index is 0.234. The Hall–Kier alpha value is -2.17. The van der Waals surface area contributed by atoms with Gasteiger partial charge in [-0.3, -0.25) is 14.5 Å². The normalized spacial score (nSPS) is 16.6. The number of nitriles is 1. The highest BCUT2D eigenvalue weighted by Crippen LogP contribution is 2.32. The Morgan fingerprint density at radius 2 is 2.10 bits per heavy atom. The number of rotatable bonds is 3. The van der Waals surface area contributed by atoms with Crippen LogP contribution in [0, 0.1) is 11.3 Å². The van der Waals surface area contributed by atoms with Crippen LogP contribution in [0.3, 0.4) is 0 Å². The van der Waals surface area contributed by atoms with E-state index in [9.17, 15) is 9.59 Å². The summed E-state index contributed by atoms with van der Waals surface area (Å²) in [4.78, 5) is 24.1. The van der Waals surface area contributed by atoms with Crippen molar-refractivity contribution in [3.05, 3.63) is 40.3 Å². The highest BCUT2D eigenvalue weighted by Gasteiger charge is 2.33. The molecule has 0 radical (unpaired) electrons. The first-order chi connectivity index (χ1) is 9.51. The first-order valence-corrected chi connectivity index (χ1v) is 6.71. The summed E-state index contributed by atoms with van der Waals surface area (Å²) < 4.78 is 0.234. The van der Waals surface area contributed by atoms with Crippen molar-refractivity contribution in [1.29, 1.82) is 5.26 Å². The van der Waals surface area contributed by atoms with Gasteiger partial charge in [0.25, 0.3) is 5.91 Å². The van der Waals surface area contributed by atoms with Gasteiger partial charge in [-0.05, 0) is 23.8 Å². The molecule has 1 aliphatic rings. The van der Waals surface area contributed by atoms with E-state index >= 15 is 0 Å². The summed E-state index contributed by atoms with van der Waals surface area (Å²) in [7, 11) is 0. The SMILES string of the molecule is N#Cc1ccc(C=C2SC(=S)N(CC(=O)O)C2=O)cc1. The van der Waals surface area contributed by atoms with Crippen LogP contribution in [-0.2, 0) is 9.59 Å². The number of thioether (sulfide) groups is 1. The highest BCUT2D eigenvalue weighted by molar-refractivity contribution is 8.26. The molecule has 7 heteroatoms. The Morgan fingerprint density at radius 3 is 2.65 bits per heavy atom. The Labute approximate surface area is 124 Å². The molecule has 1 aromatic rings. The van der Waals surface area contributed by atoms with Crippen LogP contribution in [0.5, 0.6) is 0 Å². The zero-order valence-electron chi connectivity index (χ0n) is 10.1. The summed E-state index contributed by atoms with van der Waals surface area (Å²) in [5.41, 5.74) is 1.28. The number of amides is 1. The van der Waals surface area contributed by atoms with Crippen LogP contribution >= 0.6 is 24.0 Å². The maximum absolute atomic E-state index is 12.0. The first-order valence-electron chi connectivity index (χ1n) is 5.48. The van der Waals surface area contributed by atoms with Crippen molar-refractivity contribution in [1.82, 2.24) is 4.90 Å². The number of benzene rings is 1. The molecule has 0 saturated carbocycles. The molecule has 1 fully saturated rings. The fourth-order valence-electron chi connectivity index (χ4n) is 1.58. The first kappa shape index (κ1) is 14.2. The average molecular weight is 304 g/mol. The van der Waals surface area contributed by atoms with Gasteiger partial charge in [-0.15, -0.1) is 0 Å². The predicted molar refractivity (Wildman–Crippen MR) is 78.7 cm³/mol. The van der Waals surface area contributed by atoms with Crippen LogP contribution in [0.25, 0.3) is 6.08 Å². The lowest BCUT2D eigenvalue weighted by molar-refractivity contribution is -0.140. The number of carbonyl (C=O) groups excluding carboxylic acids is 1. The number of carboxylic acids is 1. The Kier molecular flexibility index (Phi) is 4.17. The van der Waals surface area contributed by atoms with Crippen LogP contribution < -0.4 is 0 Å². The van der Waals surface area contributed by atoms with Gasteiger partial charge in [-0.1, -0.05) is 36.1 Å². The highest BCUT2D eigenvalue weighted by atomic mass is 32.2. The van der Waals surface area contributed by atoms with Crippen LogP contribution in [0.2, 0.25) is 0 Å². The quantitative estimate of drug-likeness (QED) is 0.678. The molecule has 1 amide bonds. The number of thiocarbonyl (C=S) groups is 1. The van der Waals surface area contributed by atoms with Gasteiger partial charge in [0.1, 0.15) is 10.9 Å². The number of nitrogens with zero attached hydrogens (tertiary/aromatic N) is 2. The minimum Gasteiger partial charge on any atom is -0.480 e. The van der Waals surface area contributed by atoms with Gasteiger partial charge in [-0.2, -0.15) is 5.26 Å². The lowest BCUT2D eigenvalue weighted by atomic mass is 10.1. The Bertz CT molecular complexity index is 659. The maximum Gasteiger partial charge on any atom is 0.323 e. The molecule has 1 heterocycles. The van der Waals surface area contributed by atoms with Crippen molar-refractivity contribution in [2.24, 2.45) is 0 Å². The van der Waals surface area contributed by atoms with Gasteiger partial charge in [0.05, 0.1) is 16.5 Å². The smallest absolute Gasteiger partial charge is 0.323 e. The van der Waals surface area contributed by atoms with Crippen molar-refractivity contribution >= 4 is 46.3 Å². The molecule has 20 heavy (non-hydrogen) atoms. The fraction of sp³-hybridized carbons (Fsp3) is 0.0769. The van der Waals surface area contributed by atoms with Gasteiger partial charge in [-0.25, -0.2) is 0 Å². The molecule has 1 saturated heterocycles. The van der Waals surface area contributed by atoms with E-state index < -0.39 is 18.4 Å². The Morgan fingerprint density at radius 1 is 1.45 bits per heavy atom. The molecule has 0 aromatic heterocycles. The van der Waals surface area contributed by atoms with Crippen molar-refractivity contribution in [2.75, 3.05) is 6.54 Å². The lowest BCUT2D eigenvalue weighted by Gasteiger charge is -2.10. The van der Waals surface area contributed by atoms with Crippen molar-refractivity contribution in [3.63, 3.8) is 0 Å². The summed E-state index contributed by atoms with van der Waals surface area (Å²) >= 11 is 6.06. The van der Waals surface area contributed by atoms with E-state index in [1.54, 1.807) is 30.3 Å². The Balaban J connectivity index is 2.23. The van der Waals surface area contributed by atoms with E-state index in [4.69, 9.17) is 22.6 Å². The third-order valence-electron chi connectivity index (χ3n) is 2.50. The van der Waals surface area contributed by atoms with Crippen molar-refractivity contribution in [3.8, 4) is 6.07 Å². The van der Waals surface area contributed by atoms with Crippen molar-refractivity contribution < 1.29 is 14.7 Å². The van der Waals surface area contributed by atoms with Gasteiger partial charge in [0, 0.05) is 0 Å². The molecule has 2 rings (SSSR count). The van der Waals surface area contributed by atoms with Crippen LogP contribution in [0.4, 0.5) is 0 Å². The zero-order valence-corrected chi connectivity index (χ0v) is 11.7. The molecule has 0 aliphatic carbocycles. The molecule has 1 aliphatic heterocycles. The average Bonchev–Trinajstić information content (AvgIpc) is 2.67. The maximum atomic E-state index is 12.0. The number of hydrogen-bond acceptors (Lipinski definition) is 5. The third-order valence-corrected chi connectivity index (χ3v) is 3.88. The number of carbonyl (C=O) groups is 2. The summed E-state index contributed by atoms with van der Waals surface area (Å²) in [5, 5.41) is 17.4. The molecular formula is C13H8N2O3S2. The summed E-state index contributed by atoms with van der Waals surface area (Å²) in [5.74, 6) is -1.52. The molecule has 1 N–H and O–H groups in total. The molecule has 0 spiro atoms. The zero-order chi connectivity index (χ0) is 14.7. The predicted octanol–water partition coefficient (Wildman–Crippen LogP) is 1.84.